The minimum absolute atomic E-state index is 0. The van der Waals surface area contributed by atoms with Crippen molar-refractivity contribution in [1.29, 1.82) is 0 Å². The molecule has 0 aromatic heterocycles. The van der Waals surface area contributed by atoms with Gasteiger partial charge in [-0.25, -0.2) is 0 Å². The van der Waals surface area contributed by atoms with Gasteiger partial charge in [0.25, 0.3) is 0 Å². The van der Waals surface area contributed by atoms with E-state index in [9.17, 15) is 0 Å². The van der Waals surface area contributed by atoms with E-state index in [0.717, 1.165) is 17.4 Å². The predicted octanol–water partition coefficient (Wildman–Crippen LogP) is 5.72. The second kappa shape index (κ2) is 7.69. The van der Waals surface area contributed by atoms with E-state index in [1.54, 1.807) is 0 Å². The molecule has 0 saturated carbocycles. The monoisotopic (exact) mass is 395 g/mol. The fraction of sp³-hybridized carbons (Fsp3) is 0.222. The zero-order valence-corrected chi connectivity index (χ0v) is 15.9. The molecule has 0 bridgehead atoms. The van der Waals surface area contributed by atoms with Gasteiger partial charge >= 0.3 is 0 Å². The van der Waals surface area contributed by atoms with Crippen molar-refractivity contribution in [1.82, 2.24) is 4.90 Å². The second-order valence-electron chi connectivity index (χ2n) is 5.45. The third-order valence-corrected chi connectivity index (χ3v) is 5.20. The molecule has 1 aliphatic rings. The van der Waals surface area contributed by atoms with E-state index < -0.39 is 0 Å². The average molecular weight is 397 g/mol. The molecular formula is C18H19BrClNS. The molecule has 0 radical (unpaired) electrons. The lowest BCUT2D eigenvalue weighted by molar-refractivity contribution is 0.417. The van der Waals surface area contributed by atoms with Crippen LogP contribution in [0.1, 0.15) is 17.5 Å². The van der Waals surface area contributed by atoms with Gasteiger partial charge in [0.15, 0.2) is 0 Å². The van der Waals surface area contributed by atoms with Gasteiger partial charge in [0.05, 0.1) is 0 Å². The normalized spacial score (nSPS) is 14.5. The minimum atomic E-state index is 0. The van der Waals surface area contributed by atoms with Crippen LogP contribution in [0.4, 0.5) is 0 Å². The van der Waals surface area contributed by atoms with Crippen molar-refractivity contribution in [2.45, 2.75) is 16.2 Å². The Morgan fingerprint density at radius 2 is 1.77 bits per heavy atom. The molecule has 0 saturated heterocycles. The highest BCUT2D eigenvalue weighted by Crippen LogP contribution is 2.46. The first kappa shape index (κ1) is 17.6. The Morgan fingerprint density at radius 3 is 2.55 bits per heavy atom. The van der Waals surface area contributed by atoms with Crippen molar-refractivity contribution in [3.63, 3.8) is 0 Å². The van der Waals surface area contributed by atoms with E-state index in [1.165, 1.54) is 26.5 Å². The molecule has 0 N–H and O–H groups in total. The number of fused-ring (bicyclic) bond motifs is 2. The Kier molecular flexibility index (Phi) is 6.16. The highest BCUT2D eigenvalue weighted by molar-refractivity contribution is 9.10. The van der Waals surface area contributed by atoms with Crippen LogP contribution in [0.15, 0.2) is 62.8 Å². The van der Waals surface area contributed by atoms with Crippen molar-refractivity contribution in [2.75, 3.05) is 20.6 Å². The summed E-state index contributed by atoms with van der Waals surface area (Å²) in [5, 5.41) is 0. The van der Waals surface area contributed by atoms with Crippen molar-refractivity contribution in [3.8, 4) is 0 Å². The summed E-state index contributed by atoms with van der Waals surface area (Å²) in [6.07, 6.45) is 3.44. The van der Waals surface area contributed by atoms with E-state index in [1.807, 2.05) is 11.8 Å². The lowest BCUT2D eigenvalue weighted by Crippen LogP contribution is -2.12. The number of hydrogen-bond acceptors (Lipinski definition) is 2. The van der Waals surface area contributed by atoms with E-state index in [-0.39, 0.29) is 12.4 Å². The lowest BCUT2D eigenvalue weighted by Gasteiger charge is -2.22. The van der Waals surface area contributed by atoms with Crippen molar-refractivity contribution < 1.29 is 0 Å². The fourth-order valence-electron chi connectivity index (χ4n) is 2.53. The van der Waals surface area contributed by atoms with E-state index in [4.69, 9.17) is 0 Å². The van der Waals surface area contributed by atoms with Gasteiger partial charge in [-0.15, -0.1) is 12.4 Å². The number of rotatable bonds is 3. The van der Waals surface area contributed by atoms with Crippen LogP contribution in [-0.2, 0) is 0 Å². The molecule has 116 valence electrons. The van der Waals surface area contributed by atoms with Gasteiger partial charge in [0, 0.05) is 20.8 Å². The van der Waals surface area contributed by atoms with Crippen LogP contribution in [0.5, 0.6) is 0 Å². The molecule has 0 atom stereocenters. The number of benzene rings is 2. The Labute approximate surface area is 151 Å². The zero-order valence-electron chi connectivity index (χ0n) is 12.7. The minimum Gasteiger partial charge on any atom is -0.309 e. The maximum absolute atomic E-state index is 3.60. The van der Waals surface area contributed by atoms with Gasteiger partial charge < -0.3 is 4.90 Å². The van der Waals surface area contributed by atoms with Crippen LogP contribution in [-0.4, -0.2) is 25.5 Å². The zero-order chi connectivity index (χ0) is 14.8. The summed E-state index contributed by atoms with van der Waals surface area (Å²) in [5.74, 6) is 0. The first-order valence-corrected chi connectivity index (χ1v) is 8.68. The van der Waals surface area contributed by atoms with Crippen molar-refractivity contribution >= 4 is 45.7 Å². The third-order valence-electron chi connectivity index (χ3n) is 3.55. The smallest absolute Gasteiger partial charge is 0.0201 e. The SMILES string of the molecule is CN(C)CC/C=C1\c2ccccc2Sc2ccc(Br)cc21.Cl. The summed E-state index contributed by atoms with van der Waals surface area (Å²) in [6.45, 7) is 1.07. The molecule has 0 fully saturated rings. The Morgan fingerprint density at radius 1 is 1.05 bits per heavy atom. The van der Waals surface area contributed by atoms with Crippen LogP contribution in [0.25, 0.3) is 5.57 Å². The topological polar surface area (TPSA) is 3.24 Å². The molecular weight excluding hydrogens is 378 g/mol. The standard InChI is InChI=1S/C18H18BrNS.ClH/c1-20(2)11-5-7-14-15-6-3-4-8-17(15)21-18-10-9-13(19)12-16(14)18;/h3-4,6-10,12H,5,11H2,1-2H3;1H/b14-7+;. The van der Waals surface area contributed by atoms with Gasteiger partial charge in [-0.2, -0.15) is 0 Å². The van der Waals surface area contributed by atoms with Gasteiger partial charge in [-0.3, -0.25) is 0 Å². The van der Waals surface area contributed by atoms with Crippen LogP contribution >= 0.6 is 40.1 Å². The Bertz CT molecular complexity index is 697. The van der Waals surface area contributed by atoms with Crippen LogP contribution in [0.2, 0.25) is 0 Å². The molecule has 0 amide bonds. The molecule has 0 unspecified atom stereocenters. The summed E-state index contributed by atoms with van der Waals surface area (Å²) >= 11 is 5.47. The van der Waals surface area contributed by atoms with Gasteiger partial charge in [0.1, 0.15) is 0 Å². The van der Waals surface area contributed by atoms with Crippen LogP contribution in [0.3, 0.4) is 0 Å². The van der Waals surface area contributed by atoms with Crippen LogP contribution < -0.4 is 0 Å². The Hall–Kier alpha value is -0.740. The van der Waals surface area contributed by atoms with E-state index >= 15 is 0 Å². The second-order valence-corrected chi connectivity index (χ2v) is 7.45. The predicted molar refractivity (Wildman–Crippen MR) is 102 cm³/mol. The molecule has 1 nitrogen and oxygen atoms in total. The molecule has 0 spiro atoms. The summed E-state index contributed by atoms with van der Waals surface area (Å²) in [6, 6.07) is 15.3. The first-order chi connectivity index (χ1) is 10.1. The van der Waals surface area contributed by atoms with Gasteiger partial charge in [-0.05, 0) is 61.5 Å². The molecule has 2 aromatic rings. The molecule has 1 aliphatic heterocycles. The quantitative estimate of drug-likeness (QED) is 0.557. The molecule has 3 rings (SSSR count). The maximum Gasteiger partial charge on any atom is 0.0201 e. The molecule has 4 heteroatoms. The molecule has 1 heterocycles. The average Bonchev–Trinajstić information content (AvgIpc) is 2.46. The van der Waals surface area contributed by atoms with Gasteiger partial charge in [0.2, 0.25) is 0 Å². The highest BCUT2D eigenvalue weighted by atomic mass is 79.9. The number of hydrogen-bond donors (Lipinski definition) is 0. The van der Waals surface area contributed by atoms with E-state index in [2.05, 4.69) is 83.5 Å². The highest BCUT2D eigenvalue weighted by Gasteiger charge is 2.20. The molecule has 22 heavy (non-hydrogen) atoms. The molecule has 0 aliphatic carbocycles. The lowest BCUT2D eigenvalue weighted by atomic mass is 9.96. The Balaban J connectivity index is 0.00000176. The first-order valence-electron chi connectivity index (χ1n) is 7.07. The van der Waals surface area contributed by atoms with E-state index in [0.29, 0.717) is 0 Å². The van der Waals surface area contributed by atoms with Gasteiger partial charge in [-0.1, -0.05) is 52.0 Å². The fourth-order valence-corrected chi connectivity index (χ4v) is 3.98. The van der Waals surface area contributed by atoms with Crippen molar-refractivity contribution in [3.05, 3.63) is 64.1 Å². The van der Waals surface area contributed by atoms with Crippen molar-refractivity contribution in [2.24, 2.45) is 0 Å². The summed E-state index contributed by atoms with van der Waals surface area (Å²) in [4.78, 5) is 4.92. The summed E-state index contributed by atoms with van der Waals surface area (Å²) < 4.78 is 1.14. The summed E-state index contributed by atoms with van der Waals surface area (Å²) in [5.41, 5.74) is 4.06. The molecule has 2 aromatic carbocycles. The number of halogens is 2. The van der Waals surface area contributed by atoms with Crippen LogP contribution in [0, 0.1) is 0 Å². The summed E-state index contributed by atoms with van der Waals surface area (Å²) in [7, 11) is 4.24. The number of nitrogens with zero attached hydrogens (tertiary/aromatic N) is 1. The largest absolute Gasteiger partial charge is 0.309 e. The third kappa shape index (κ3) is 3.77. The maximum atomic E-state index is 3.60.